The highest BCUT2D eigenvalue weighted by molar-refractivity contribution is 7.99. The van der Waals surface area contributed by atoms with Gasteiger partial charge in [-0.25, -0.2) is 9.97 Å². The molecule has 1 fully saturated rings. The van der Waals surface area contributed by atoms with Crippen molar-refractivity contribution in [1.82, 2.24) is 25.1 Å². The maximum atomic E-state index is 12.8. The molecule has 3 aromatic rings. The number of fused-ring (bicyclic) bond motifs is 1. The second-order valence-corrected chi connectivity index (χ2v) is 8.73. The van der Waals surface area contributed by atoms with Crippen LogP contribution >= 0.6 is 11.8 Å². The Balaban J connectivity index is 1.51. The van der Waals surface area contributed by atoms with E-state index in [1.807, 2.05) is 63.1 Å². The zero-order valence-electron chi connectivity index (χ0n) is 17.5. The molecule has 2 aromatic heterocycles. The molecule has 0 radical (unpaired) electrons. The van der Waals surface area contributed by atoms with Crippen molar-refractivity contribution in [1.29, 1.82) is 0 Å². The molecule has 1 aliphatic heterocycles. The second-order valence-electron chi connectivity index (χ2n) is 7.50. The van der Waals surface area contributed by atoms with Crippen molar-refractivity contribution in [2.45, 2.75) is 26.5 Å². The Bertz CT molecular complexity index is 1030. The van der Waals surface area contributed by atoms with Crippen LogP contribution in [0.25, 0.3) is 11.0 Å². The van der Waals surface area contributed by atoms with Crippen molar-refractivity contribution in [3.05, 3.63) is 41.9 Å². The van der Waals surface area contributed by atoms with Gasteiger partial charge in [0.25, 0.3) is 5.91 Å². The third-order valence-corrected chi connectivity index (χ3v) is 5.68. The van der Waals surface area contributed by atoms with Crippen LogP contribution in [0.4, 0.5) is 5.82 Å². The first-order chi connectivity index (χ1) is 14.5. The Morgan fingerprint density at radius 1 is 1.20 bits per heavy atom. The van der Waals surface area contributed by atoms with E-state index in [0.29, 0.717) is 12.2 Å². The van der Waals surface area contributed by atoms with Gasteiger partial charge in [-0.15, -0.1) is 0 Å². The lowest BCUT2D eigenvalue weighted by molar-refractivity contribution is 0.0941. The lowest BCUT2D eigenvalue weighted by Crippen LogP contribution is -2.34. The minimum Gasteiger partial charge on any atom is -0.491 e. The highest BCUT2D eigenvalue weighted by atomic mass is 32.2. The summed E-state index contributed by atoms with van der Waals surface area (Å²) in [4.78, 5) is 24.0. The summed E-state index contributed by atoms with van der Waals surface area (Å²) in [7, 11) is 1.85. The average molecular weight is 427 g/mol. The first-order valence-corrected chi connectivity index (χ1v) is 11.2. The first-order valence-electron chi connectivity index (χ1n) is 10.1. The molecule has 158 valence electrons. The number of amides is 1. The van der Waals surface area contributed by atoms with E-state index in [9.17, 15) is 4.79 Å². The summed E-state index contributed by atoms with van der Waals surface area (Å²) < 4.78 is 7.37. The van der Waals surface area contributed by atoms with E-state index < -0.39 is 0 Å². The number of hydrogen-bond donors (Lipinski definition) is 1. The van der Waals surface area contributed by atoms with E-state index in [0.717, 1.165) is 47.1 Å². The van der Waals surface area contributed by atoms with Crippen molar-refractivity contribution >= 4 is 34.5 Å². The van der Waals surface area contributed by atoms with Gasteiger partial charge in [0.1, 0.15) is 11.6 Å². The lowest BCUT2D eigenvalue weighted by atomic mass is 10.2. The number of carbonyl (C=O) groups excluding carboxylic acids is 1. The molecule has 3 heterocycles. The number of nitrogens with one attached hydrogen (secondary N) is 1. The van der Waals surface area contributed by atoms with Gasteiger partial charge in [-0.05, 0) is 31.5 Å². The van der Waals surface area contributed by atoms with Crippen LogP contribution in [-0.2, 0) is 13.6 Å². The third kappa shape index (κ3) is 4.67. The monoisotopic (exact) mass is 426 g/mol. The van der Waals surface area contributed by atoms with Crippen LogP contribution in [0.5, 0.6) is 5.75 Å². The van der Waals surface area contributed by atoms with Crippen molar-refractivity contribution in [3.63, 3.8) is 0 Å². The molecule has 8 nitrogen and oxygen atoms in total. The molecule has 0 aliphatic carbocycles. The summed E-state index contributed by atoms with van der Waals surface area (Å²) in [6, 6.07) is 7.70. The minimum atomic E-state index is -0.308. The molecule has 1 aliphatic rings. The Morgan fingerprint density at radius 2 is 1.93 bits per heavy atom. The normalized spacial score (nSPS) is 14.3. The number of carbonyl (C=O) groups is 1. The molecule has 0 unspecified atom stereocenters. The molecule has 0 spiro atoms. The molecule has 1 amide bonds. The Kier molecular flexibility index (Phi) is 6.08. The fourth-order valence-electron chi connectivity index (χ4n) is 3.34. The highest BCUT2D eigenvalue weighted by Gasteiger charge is 2.21. The maximum absolute atomic E-state index is 12.8. The van der Waals surface area contributed by atoms with Crippen LogP contribution in [0.2, 0.25) is 0 Å². The predicted octanol–water partition coefficient (Wildman–Crippen LogP) is 2.63. The van der Waals surface area contributed by atoms with E-state index in [4.69, 9.17) is 4.74 Å². The van der Waals surface area contributed by atoms with Gasteiger partial charge in [-0.2, -0.15) is 16.9 Å². The number of aryl methyl sites for hydroxylation is 1. The smallest absolute Gasteiger partial charge is 0.289 e. The fraction of sp³-hybridized carbons (Fsp3) is 0.429. The topological polar surface area (TPSA) is 85.2 Å². The number of benzene rings is 1. The van der Waals surface area contributed by atoms with Crippen molar-refractivity contribution in [2.75, 3.05) is 29.5 Å². The first kappa shape index (κ1) is 20.5. The standard InChI is InChI=1S/C21H26N6O2S/c1-14(2)29-16-6-4-15(5-7-16)12-22-21(28)19-23-18-17(13-26(3)25-18)20(24-19)27-8-10-30-11-9-27/h4-7,13-14H,8-12H2,1-3H3,(H,22,28). The largest absolute Gasteiger partial charge is 0.491 e. The number of hydrogen-bond acceptors (Lipinski definition) is 7. The van der Waals surface area contributed by atoms with Gasteiger partial charge in [0.2, 0.25) is 5.82 Å². The van der Waals surface area contributed by atoms with Crippen molar-refractivity contribution in [3.8, 4) is 5.75 Å². The third-order valence-electron chi connectivity index (χ3n) is 4.74. The predicted molar refractivity (Wildman–Crippen MR) is 119 cm³/mol. The van der Waals surface area contributed by atoms with Crippen LogP contribution in [0.1, 0.15) is 30.0 Å². The summed E-state index contributed by atoms with van der Waals surface area (Å²) in [5.74, 6) is 3.53. The molecule has 0 saturated carbocycles. The second kappa shape index (κ2) is 8.91. The van der Waals surface area contributed by atoms with Crippen LogP contribution in [-0.4, -0.2) is 56.4 Å². The fourth-order valence-corrected chi connectivity index (χ4v) is 4.24. The number of rotatable bonds is 6. The summed E-state index contributed by atoms with van der Waals surface area (Å²) in [6.45, 7) is 6.17. The van der Waals surface area contributed by atoms with Gasteiger partial charge in [0.15, 0.2) is 5.65 Å². The van der Waals surface area contributed by atoms with Crippen LogP contribution in [0.3, 0.4) is 0 Å². The van der Waals surface area contributed by atoms with Gasteiger partial charge in [0.05, 0.1) is 11.5 Å². The van der Waals surface area contributed by atoms with E-state index in [2.05, 4.69) is 25.3 Å². The lowest BCUT2D eigenvalue weighted by Gasteiger charge is -2.27. The molecule has 4 rings (SSSR count). The van der Waals surface area contributed by atoms with Gasteiger partial charge >= 0.3 is 0 Å². The number of ether oxygens (including phenoxy) is 1. The SMILES string of the molecule is CC(C)Oc1ccc(CNC(=O)c2nc(N3CCSCC3)c3cn(C)nc3n2)cc1. The molecule has 1 N–H and O–H groups in total. The minimum absolute atomic E-state index is 0.127. The number of anilines is 1. The van der Waals surface area contributed by atoms with E-state index in [1.165, 1.54) is 0 Å². The maximum Gasteiger partial charge on any atom is 0.289 e. The van der Waals surface area contributed by atoms with Crippen LogP contribution in [0, 0.1) is 0 Å². The van der Waals surface area contributed by atoms with Crippen molar-refractivity contribution in [2.24, 2.45) is 7.05 Å². The highest BCUT2D eigenvalue weighted by Crippen LogP contribution is 2.25. The van der Waals surface area contributed by atoms with Gasteiger partial charge in [0, 0.05) is 44.4 Å². The van der Waals surface area contributed by atoms with E-state index in [1.54, 1.807) is 4.68 Å². The zero-order valence-corrected chi connectivity index (χ0v) is 18.3. The molecular weight excluding hydrogens is 400 g/mol. The average Bonchev–Trinajstić information content (AvgIpc) is 3.12. The summed E-state index contributed by atoms with van der Waals surface area (Å²) in [6.07, 6.45) is 2.04. The Labute approximate surface area is 180 Å². The molecule has 1 saturated heterocycles. The number of aromatic nitrogens is 4. The summed E-state index contributed by atoms with van der Waals surface area (Å²) in [5.41, 5.74) is 1.52. The molecular formula is C21H26N6O2S. The Hall–Kier alpha value is -2.81. The molecule has 30 heavy (non-hydrogen) atoms. The number of thioether (sulfide) groups is 1. The quantitative estimate of drug-likeness (QED) is 0.648. The van der Waals surface area contributed by atoms with E-state index in [-0.39, 0.29) is 17.8 Å². The Morgan fingerprint density at radius 3 is 2.63 bits per heavy atom. The van der Waals surface area contributed by atoms with Crippen LogP contribution < -0.4 is 15.0 Å². The van der Waals surface area contributed by atoms with Gasteiger partial charge in [-0.3, -0.25) is 9.48 Å². The molecule has 1 aromatic carbocycles. The van der Waals surface area contributed by atoms with Crippen LogP contribution in [0.15, 0.2) is 30.5 Å². The zero-order chi connectivity index (χ0) is 21.1. The number of nitrogens with zero attached hydrogens (tertiary/aromatic N) is 5. The van der Waals surface area contributed by atoms with E-state index >= 15 is 0 Å². The summed E-state index contributed by atoms with van der Waals surface area (Å²) >= 11 is 1.93. The van der Waals surface area contributed by atoms with Crippen molar-refractivity contribution < 1.29 is 9.53 Å². The molecule has 0 atom stereocenters. The molecule has 9 heteroatoms. The summed E-state index contributed by atoms with van der Waals surface area (Å²) in [5, 5.41) is 8.19. The van der Waals surface area contributed by atoms with Gasteiger partial charge in [-0.1, -0.05) is 12.1 Å². The molecule has 0 bridgehead atoms. The van der Waals surface area contributed by atoms with Gasteiger partial charge < -0.3 is 15.0 Å².